The zero-order chi connectivity index (χ0) is 15.8. The highest BCUT2D eigenvalue weighted by molar-refractivity contribution is 7.89. The van der Waals surface area contributed by atoms with E-state index in [9.17, 15) is 18.3 Å². The maximum Gasteiger partial charge on any atom is 0.339 e. The van der Waals surface area contributed by atoms with Crippen molar-refractivity contribution in [3.05, 3.63) is 41.6 Å². The van der Waals surface area contributed by atoms with Gasteiger partial charge in [-0.25, -0.2) is 18.4 Å². The second-order valence-corrected chi connectivity index (χ2v) is 6.13. The fourth-order valence-electron chi connectivity index (χ4n) is 2.54. The van der Waals surface area contributed by atoms with E-state index in [0.29, 0.717) is 23.4 Å². The number of sulfonamides is 1. The number of benzene rings is 1. The van der Waals surface area contributed by atoms with E-state index < -0.39 is 16.0 Å². The Morgan fingerprint density at radius 2 is 1.86 bits per heavy atom. The van der Waals surface area contributed by atoms with Crippen LogP contribution < -0.4 is 5.14 Å². The average Bonchev–Trinajstić information content (AvgIpc) is 2.72. The molecule has 6 nitrogen and oxygen atoms in total. The first-order valence-electron chi connectivity index (χ1n) is 6.32. The number of hydrogen-bond donors (Lipinski definition) is 2. The molecule has 1 aromatic heterocycles. The molecule has 0 radical (unpaired) electrons. The van der Waals surface area contributed by atoms with E-state index in [2.05, 4.69) is 0 Å². The Balaban J connectivity index is 2.96. The highest BCUT2D eigenvalue weighted by Crippen LogP contribution is 2.33. The van der Waals surface area contributed by atoms with Gasteiger partial charge in [0.2, 0.25) is 10.0 Å². The molecule has 7 heteroatoms. The van der Waals surface area contributed by atoms with Gasteiger partial charge in [-0.15, -0.1) is 0 Å². The fraction of sp³-hybridized carbons (Fsp3) is 0.214. The molecule has 1 heterocycles. The number of carbonyl (C=O) groups is 1. The molecule has 21 heavy (non-hydrogen) atoms. The summed E-state index contributed by atoms with van der Waals surface area (Å²) in [5, 5.41) is 14.7. The van der Waals surface area contributed by atoms with Gasteiger partial charge in [-0.05, 0) is 12.0 Å². The van der Waals surface area contributed by atoms with Crippen molar-refractivity contribution in [3.63, 3.8) is 0 Å². The fourth-order valence-corrected chi connectivity index (χ4v) is 3.62. The minimum atomic E-state index is -4.13. The zero-order valence-electron chi connectivity index (χ0n) is 11.7. The van der Waals surface area contributed by atoms with Crippen LogP contribution in [0.15, 0.2) is 35.2 Å². The summed E-state index contributed by atoms with van der Waals surface area (Å²) in [6.07, 6.45) is 0.357. The van der Waals surface area contributed by atoms with Crippen molar-refractivity contribution in [1.29, 1.82) is 0 Å². The van der Waals surface area contributed by atoms with Gasteiger partial charge in [0.1, 0.15) is 10.5 Å². The van der Waals surface area contributed by atoms with Gasteiger partial charge in [0.05, 0.1) is 5.69 Å². The third kappa shape index (κ3) is 2.57. The summed E-state index contributed by atoms with van der Waals surface area (Å²) in [6, 6.07) is 8.78. The molecule has 2 aromatic rings. The lowest BCUT2D eigenvalue weighted by atomic mass is 10.1. The number of carboxylic acids is 1. The van der Waals surface area contributed by atoms with Gasteiger partial charge in [-0.2, -0.15) is 0 Å². The van der Waals surface area contributed by atoms with Crippen LogP contribution in [0.3, 0.4) is 0 Å². The van der Waals surface area contributed by atoms with Crippen molar-refractivity contribution < 1.29 is 18.3 Å². The summed E-state index contributed by atoms with van der Waals surface area (Å²) in [7, 11) is -2.49. The van der Waals surface area contributed by atoms with Gasteiger partial charge in [0.25, 0.3) is 0 Å². The van der Waals surface area contributed by atoms with Crippen molar-refractivity contribution in [2.24, 2.45) is 12.2 Å². The smallest absolute Gasteiger partial charge is 0.339 e. The minimum Gasteiger partial charge on any atom is -0.478 e. The summed E-state index contributed by atoms with van der Waals surface area (Å²) >= 11 is 0. The highest BCUT2D eigenvalue weighted by Gasteiger charge is 2.31. The standard InChI is InChI=1S/C14H16N2O4S/c1-3-10-13(21(15,19)20)11(14(17)18)12(16(10)2)9-7-5-4-6-8-9/h4-8H,3H2,1-2H3,(H,17,18)(H2,15,19,20). The van der Waals surface area contributed by atoms with E-state index in [1.807, 2.05) is 0 Å². The zero-order valence-corrected chi connectivity index (χ0v) is 12.5. The first-order chi connectivity index (χ1) is 9.79. The summed E-state index contributed by atoms with van der Waals surface area (Å²) in [4.78, 5) is 11.3. The molecule has 0 fully saturated rings. The Kier molecular flexibility index (Phi) is 3.89. The van der Waals surface area contributed by atoms with Crippen molar-refractivity contribution >= 4 is 16.0 Å². The predicted molar refractivity (Wildman–Crippen MR) is 78.6 cm³/mol. The van der Waals surface area contributed by atoms with Gasteiger partial charge in [0, 0.05) is 12.7 Å². The number of nitrogens with zero attached hydrogens (tertiary/aromatic N) is 1. The summed E-state index contributed by atoms with van der Waals surface area (Å²) < 4.78 is 25.3. The van der Waals surface area contributed by atoms with E-state index in [-0.39, 0.29) is 10.5 Å². The molecule has 0 amide bonds. The average molecular weight is 308 g/mol. The van der Waals surface area contributed by atoms with Crippen LogP contribution in [0.25, 0.3) is 11.3 Å². The van der Waals surface area contributed by atoms with Crippen LogP contribution in [0.2, 0.25) is 0 Å². The molecule has 0 spiro atoms. The van der Waals surface area contributed by atoms with E-state index in [1.165, 1.54) is 0 Å². The van der Waals surface area contributed by atoms with E-state index in [0.717, 1.165) is 0 Å². The Labute approximate surface area is 122 Å². The highest BCUT2D eigenvalue weighted by atomic mass is 32.2. The molecular weight excluding hydrogens is 292 g/mol. The number of aromatic carboxylic acids is 1. The minimum absolute atomic E-state index is 0.275. The molecule has 0 saturated heterocycles. The van der Waals surface area contributed by atoms with E-state index in [1.54, 1.807) is 48.9 Å². The lowest BCUT2D eigenvalue weighted by molar-refractivity contribution is 0.0693. The molecule has 0 aliphatic carbocycles. The van der Waals surface area contributed by atoms with Crippen molar-refractivity contribution in [2.45, 2.75) is 18.2 Å². The third-order valence-electron chi connectivity index (χ3n) is 3.35. The van der Waals surface area contributed by atoms with Crippen LogP contribution >= 0.6 is 0 Å². The Hall–Kier alpha value is -2.12. The SMILES string of the molecule is CCc1c(S(N)(=O)=O)c(C(=O)O)c(-c2ccccc2)n1C. The number of hydrogen-bond acceptors (Lipinski definition) is 3. The van der Waals surface area contributed by atoms with Crippen LogP contribution in [0.1, 0.15) is 23.0 Å². The molecular formula is C14H16N2O4S. The first kappa shape index (κ1) is 15.3. The number of primary sulfonamides is 1. The summed E-state index contributed by atoms with van der Waals surface area (Å²) in [5.41, 5.74) is 1.07. The maximum atomic E-state index is 11.8. The molecule has 112 valence electrons. The van der Waals surface area contributed by atoms with Crippen LogP contribution in [0, 0.1) is 0 Å². The van der Waals surface area contributed by atoms with Crippen LogP contribution in [-0.4, -0.2) is 24.1 Å². The number of rotatable bonds is 4. The van der Waals surface area contributed by atoms with Gasteiger partial charge < -0.3 is 9.67 Å². The van der Waals surface area contributed by atoms with Gasteiger partial charge in [-0.1, -0.05) is 37.3 Å². The van der Waals surface area contributed by atoms with E-state index in [4.69, 9.17) is 5.14 Å². The molecule has 2 rings (SSSR count). The van der Waals surface area contributed by atoms with Crippen LogP contribution in [0.5, 0.6) is 0 Å². The van der Waals surface area contributed by atoms with Gasteiger partial charge in [-0.3, -0.25) is 0 Å². The molecule has 0 unspecified atom stereocenters. The first-order valence-corrected chi connectivity index (χ1v) is 7.86. The third-order valence-corrected chi connectivity index (χ3v) is 4.36. The lowest BCUT2D eigenvalue weighted by Gasteiger charge is -2.07. The normalized spacial score (nSPS) is 11.6. The largest absolute Gasteiger partial charge is 0.478 e. The second-order valence-electron chi connectivity index (χ2n) is 4.63. The van der Waals surface area contributed by atoms with Crippen LogP contribution in [0.4, 0.5) is 0 Å². The van der Waals surface area contributed by atoms with Crippen molar-refractivity contribution in [1.82, 2.24) is 4.57 Å². The van der Waals surface area contributed by atoms with Crippen LogP contribution in [-0.2, 0) is 23.5 Å². The molecule has 3 N–H and O–H groups in total. The second kappa shape index (κ2) is 5.34. The molecule has 0 aliphatic rings. The van der Waals surface area contributed by atoms with E-state index >= 15 is 0 Å². The molecule has 1 aromatic carbocycles. The quantitative estimate of drug-likeness (QED) is 0.895. The Bertz CT molecular complexity index is 792. The lowest BCUT2D eigenvalue weighted by Crippen LogP contribution is -2.17. The Morgan fingerprint density at radius 1 is 1.29 bits per heavy atom. The molecule has 0 aliphatic heterocycles. The topological polar surface area (TPSA) is 102 Å². The van der Waals surface area contributed by atoms with Crippen molar-refractivity contribution in [3.8, 4) is 11.3 Å². The Morgan fingerprint density at radius 3 is 2.29 bits per heavy atom. The summed E-state index contributed by atoms with van der Waals surface area (Å²) in [5.74, 6) is -1.31. The van der Waals surface area contributed by atoms with Gasteiger partial charge in [0.15, 0.2) is 0 Å². The summed E-state index contributed by atoms with van der Waals surface area (Å²) in [6.45, 7) is 1.75. The monoisotopic (exact) mass is 308 g/mol. The number of aromatic nitrogens is 1. The van der Waals surface area contributed by atoms with Crippen molar-refractivity contribution in [2.75, 3.05) is 0 Å². The maximum absolute atomic E-state index is 11.8. The molecule has 0 atom stereocenters. The molecule has 0 bridgehead atoms. The number of carboxylic acid groups (broad SMARTS) is 1. The van der Waals surface area contributed by atoms with Gasteiger partial charge >= 0.3 is 5.97 Å². The number of nitrogens with two attached hydrogens (primary N) is 1. The predicted octanol–water partition coefficient (Wildman–Crippen LogP) is 1.60. The molecule has 0 saturated carbocycles.